The van der Waals surface area contributed by atoms with Gasteiger partial charge in [-0.25, -0.2) is 9.97 Å². The van der Waals surface area contributed by atoms with Crippen LogP contribution in [0.5, 0.6) is 0 Å². The second kappa shape index (κ2) is 6.36. The van der Waals surface area contributed by atoms with Crippen molar-refractivity contribution in [1.29, 1.82) is 0 Å². The number of hydrogen-bond acceptors (Lipinski definition) is 3. The van der Waals surface area contributed by atoms with Crippen LogP contribution >= 0.6 is 0 Å². The molecule has 0 aromatic carbocycles. The molecular weight excluding hydrogens is 234 g/mol. The lowest BCUT2D eigenvalue weighted by Crippen LogP contribution is -2.16. The van der Waals surface area contributed by atoms with E-state index in [1.807, 2.05) is 6.07 Å². The highest BCUT2D eigenvalue weighted by Crippen LogP contribution is 2.36. The van der Waals surface area contributed by atoms with Gasteiger partial charge in [0.1, 0.15) is 11.6 Å². The van der Waals surface area contributed by atoms with Crippen molar-refractivity contribution in [2.45, 2.75) is 71.1 Å². The Bertz CT molecular complexity index is 406. The molecule has 19 heavy (non-hydrogen) atoms. The van der Waals surface area contributed by atoms with E-state index in [-0.39, 0.29) is 0 Å². The minimum absolute atomic E-state index is 0.417. The van der Waals surface area contributed by atoms with E-state index in [1.165, 1.54) is 38.5 Å². The van der Waals surface area contributed by atoms with E-state index in [2.05, 4.69) is 25.8 Å². The molecule has 0 amide bonds. The zero-order chi connectivity index (χ0) is 13.8. The molecule has 106 valence electrons. The fourth-order valence-electron chi connectivity index (χ4n) is 3.10. The first-order chi connectivity index (χ1) is 9.10. The Kier molecular flexibility index (Phi) is 4.78. The molecule has 3 nitrogen and oxygen atoms in total. The van der Waals surface area contributed by atoms with Crippen LogP contribution < -0.4 is 5.73 Å². The van der Waals surface area contributed by atoms with Crippen LogP contribution in [-0.4, -0.2) is 9.97 Å². The Balaban J connectivity index is 2.06. The zero-order valence-electron chi connectivity index (χ0n) is 12.5. The Morgan fingerprint density at radius 2 is 1.89 bits per heavy atom. The first-order valence-electron chi connectivity index (χ1n) is 7.74. The summed E-state index contributed by atoms with van der Waals surface area (Å²) in [5.74, 6) is 3.48. The van der Waals surface area contributed by atoms with E-state index < -0.39 is 0 Å². The Labute approximate surface area is 117 Å². The highest BCUT2D eigenvalue weighted by atomic mass is 15.0. The summed E-state index contributed by atoms with van der Waals surface area (Å²) in [5, 5.41) is 0. The second-order valence-corrected chi connectivity index (χ2v) is 6.24. The van der Waals surface area contributed by atoms with Gasteiger partial charge in [0.05, 0.1) is 0 Å². The van der Waals surface area contributed by atoms with E-state index in [9.17, 15) is 0 Å². The van der Waals surface area contributed by atoms with Gasteiger partial charge in [0.15, 0.2) is 0 Å². The summed E-state index contributed by atoms with van der Waals surface area (Å²) < 4.78 is 0. The summed E-state index contributed by atoms with van der Waals surface area (Å²) in [5.41, 5.74) is 7.01. The van der Waals surface area contributed by atoms with Gasteiger partial charge in [-0.05, 0) is 37.5 Å². The molecule has 1 aliphatic rings. The molecular formula is C16H27N3. The van der Waals surface area contributed by atoms with Crippen molar-refractivity contribution >= 4 is 5.82 Å². The summed E-state index contributed by atoms with van der Waals surface area (Å²) in [6.45, 7) is 6.59. The van der Waals surface area contributed by atoms with Gasteiger partial charge >= 0.3 is 0 Å². The molecule has 1 saturated carbocycles. The lowest BCUT2D eigenvalue weighted by atomic mass is 9.79. The van der Waals surface area contributed by atoms with Gasteiger partial charge in [-0.1, -0.05) is 33.6 Å². The van der Waals surface area contributed by atoms with Gasteiger partial charge in [0, 0.05) is 17.7 Å². The largest absolute Gasteiger partial charge is 0.384 e. The molecule has 0 aliphatic heterocycles. The van der Waals surface area contributed by atoms with Gasteiger partial charge in [0.2, 0.25) is 0 Å². The van der Waals surface area contributed by atoms with Crippen molar-refractivity contribution < 1.29 is 0 Å². The predicted octanol–water partition coefficient (Wildman–Crippen LogP) is 4.26. The normalized spacial score (nSPS) is 23.8. The number of rotatable bonds is 4. The molecule has 0 bridgehead atoms. The van der Waals surface area contributed by atoms with Crippen molar-refractivity contribution in [3.63, 3.8) is 0 Å². The van der Waals surface area contributed by atoms with Crippen LogP contribution in [-0.2, 0) is 0 Å². The smallest absolute Gasteiger partial charge is 0.134 e. The van der Waals surface area contributed by atoms with Crippen molar-refractivity contribution in [2.24, 2.45) is 5.92 Å². The number of nitrogens with zero attached hydrogens (tertiary/aromatic N) is 2. The predicted molar refractivity (Wildman–Crippen MR) is 80.1 cm³/mol. The number of nitrogens with two attached hydrogens (primary N) is 1. The molecule has 0 spiro atoms. The quantitative estimate of drug-likeness (QED) is 0.881. The standard InChI is InChI=1S/C16H27N3/c1-4-5-12-6-8-13(9-7-12)16-18-14(11(2)3)10-15(17)19-16/h10-13H,4-9H2,1-3H3,(H2,17,18,19). The average molecular weight is 261 g/mol. The van der Waals surface area contributed by atoms with Gasteiger partial charge in [-0.15, -0.1) is 0 Å². The van der Waals surface area contributed by atoms with Crippen molar-refractivity contribution in [2.75, 3.05) is 5.73 Å². The van der Waals surface area contributed by atoms with Gasteiger partial charge < -0.3 is 5.73 Å². The zero-order valence-corrected chi connectivity index (χ0v) is 12.5. The highest BCUT2D eigenvalue weighted by Gasteiger charge is 2.24. The van der Waals surface area contributed by atoms with Gasteiger partial charge in [0.25, 0.3) is 0 Å². The summed E-state index contributed by atoms with van der Waals surface area (Å²) in [4.78, 5) is 9.21. The van der Waals surface area contributed by atoms with Crippen LogP contribution in [0.25, 0.3) is 0 Å². The molecule has 0 unspecified atom stereocenters. The maximum absolute atomic E-state index is 5.93. The fourth-order valence-corrected chi connectivity index (χ4v) is 3.10. The summed E-state index contributed by atoms with van der Waals surface area (Å²) in [7, 11) is 0. The topological polar surface area (TPSA) is 51.8 Å². The SMILES string of the molecule is CCCC1CCC(c2nc(N)cc(C(C)C)n2)CC1. The maximum Gasteiger partial charge on any atom is 0.134 e. The minimum Gasteiger partial charge on any atom is -0.384 e. The monoisotopic (exact) mass is 261 g/mol. The number of aromatic nitrogens is 2. The van der Waals surface area contributed by atoms with Crippen molar-refractivity contribution in [1.82, 2.24) is 9.97 Å². The number of anilines is 1. The van der Waals surface area contributed by atoms with Crippen LogP contribution in [0.3, 0.4) is 0 Å². The third-order valence-corrected chi connectivity index (χ3v) is 4.28. The first kappa shape index (κ1) is 14.3. The molecule has 2 rings (SSSR count). The second-order valence-electron chi connectivity index (χ2n) is 6.24. The molecule has 1 fully saturated rings. The van der Waals surface area contributed by atoms with E-state index in [0.29, 0.717) is 17.7 Å². The Hall–Kier alpha value is -1.12. The van der Waals surface area contributed by atoms with Gasteiger partial charge in [-0.2, -0.15) is 0 Å². The lowest BCUT2D eigenvalue weighted by molar-refractivity contribution is 0.302. The molecule has 1 aromatic rings. The Morgan fingerprint density at radius 1 is 1.21 bits per heavy atom. The summed E-state index contributed by atoms with van der Waals surface area (Å²) in [6.07, 6.45) is 7.79. The van der Waals surface area contributed by atoms with Crippen LogP contribution in [0.4, 0.5) is 5.82 Å². The molecule has 1 aromatic heterocycles. The van der Waals surface area contributed by atoms with Crippen molar-refractivity contribution in [3.05, 3.63) is 17.6 Å². The molecule has 1 heterocycles. The molecule has 0 atom stereocenters. The van der Waals surface area contributed by atoms with Crippen molar-refractivity contribution in [3.8, 4) is 0 Å². The minimum atomic E-state index is 0.417. The third kappa shape index (κ3) is 3.68. The van der Waals surface area contributed by atoms with Gasteiger partial charge in [-0.3, -0.25) is 0 Å². The highest BCUT2D eigenvalue weighted by molar-refractivity contribution is 5.31. The molecule has 3 heteroatoms. The van der Waals surface area contributed by atoms with Crippen LogP contribution in [0.1, 0.15) is 82.7 Å². The molecule has 0 radical (unpaired) electrons. The summed E-state index contributed by atoms with van der Waals surface area (Å²) in [6, 6.07) is 1.91. The van der Waals surface area contributed by atoms with E-state index in [0.717, 1.165) is 17.4 Å². The number of nitrogen functional groups attached to an aromatic ring is 1. The van der Waals surface area contributed by atoms with Crippen LogP contribution in [0.2, 0.25) is 0 Å². The molecule has 1 aliphatic carbocycles. The van der Waals surface area contributed by atoms with E-state index >= 15 is 0 Å². The average Bonchev–Trinajstić information content (AvgIpc) is 2.39. The number of hydrogen-bond donors (Lipinski definition) is 1. The molecule has 0 saturated heterocycles. The Morgan fingerprint density at radius 3 is 2.47 bits per heavy atom. The van der Waals surface area contributed by atoms with E-state index in [4.69, 9.17) is 10.7 Å². The fraction of sp³-hybridized carbons (Fsp3) is 0.750. The lowest BCUT2D eigenvalue weighted by Gasteiger charge is -2.27. The van der Waals surface area contributed by atoms with Crippen LogP contribution in [0.15, 0.2) is 6.07 Å². The first-order valence-corrected chi connectivity index (χ1v) is 7.74. The molecule has 2 N–H and O–H groups in total. The van der Waals surface area contributed by atoms with Crippen LogP contribution in [0, 0.1) is 5.92 Å². The van der Waals surface area contributed by atoms with E-state index in [1.54, 1.807) is 0 Å². The summed E-state index contributed by atoms with van der Waals surface area (Å²) >= 11 is 0. The maximum atomic E-state index is 5.93. The third-order valence-electron chi connectivity index (χ3n) is 4.28.